The van der Waals surface area contributed by atoms with Crippen molar-refractivity contribution in [1.29, 1.82) is 0 Å². The number of anilines is 1. The zero-order chi connectivity index (χ0) is 15.5. The van der Waals surface area contributed by atoms with Crippen LogP contribution < -0.4 is 5.32 Å². The van der Waals surface area contributed by atoms with Crippen molar-refractivity contribution in [3.63, 3.8) is 0 Å². The van der Waals surface area contributed by atoms with Gasteiger partial charge < -0.3 is 5.32 Å². The zero-order valence-electron chi connectivity index (χ0n) is 10.7. The Hall–Kier alpha value is -2.37. The quantitative estimate of drug-likeness (QED) is 0.679. The van der Waals surface area contributed by atoms with Crippen molar-refractivity contribution < 1.29 is 22.4 Å². The minimum absolute atomic E-state index is 0.174. The number of hydrogen-bond acceptors (Lipinski definition) is 2. The number of carbonyl (C=O) groups is 1. The Balaban J connectivity index is 2.13. The Labute approximate surface area is 118 Å². The summed E-state index contributed by atoms with van der Waals surface area (Å²) in [4.78, 5) is 11.9. The smallest absolute Gasteiger partial charge is 0.378 e. The molecule has 0 bridgehead atoms. The number of para-hydroxylation sites is 1. The fourth-order valence-electron chi connectivity index (χ4n) is 1.76. The first-order chi connectivity index (χ1) is 9.88. The Morgan fingerprint density at radius 1 is 1.05 bits per heavy atom. The van der Waals surface area contributed by atoms with Gasteiger partial charge in [0.05, 0.1) is 12.1 Å². The van der Waals surface area contributed by atoms with Crippen LogP contribution in [0.5, 0.6) is 0 Å². The number of rotatable bonds is 4. The summed E-state index contributed by atoms with van der Waals surface area (Å²) in [5.74, 6) is -1.94. The zero-order valence-corrected chi connectivity index (χ0v) is 10.7. The largest absolute Gasteiger partial charge is 0.419 e. The van der Waals surface area contributed by atoms with Gasteiger partial charge in [-0.05, 0) is 30.3 Å². The van der Waals surface area contributed by atoms with Gasteiger partial charge in [0, 0.05) is 11.3 Å². The van der Waals surface area contributed by atoms with Crippen LogP contribution in [-0.4, -0.2) is 12.3 Å². The monoisotopic (exact) mass is 297 g/mol. The van der Waals surface area contributed by atoms with E-state index in [0.29, 0.717) is 17.8 Å². The molecule has 21 heavy (non-hydrogen) atoms. The highest BCUT2D eigenvalue weighted by Crippen LogP contribution is 2.31. The summed E-state index contributed by atoms with van der Waals surface area (Å²) in [7, 11) is 0. The van der Waals surface area contributed by atoms with Crippen LogP contribution in [0.25, 0.3) is 0 Å². The summed E-state index contributed by atoms with van der Waals surface area (Å²) < 4.78 is 50.9. The average molecular weight is 297 g/mol. The summed E-state index contributed by atoms with van der Waals surface area (Å²) in [5.41, 5.74) is -0.954. The summed E-state index contributed by atoms with van der Waals surface area (Å²) in [6, 6.07) is 11.0. The normalized spacial score (nSPS) is 11.2. The molecule has 0 saturated heterocycles. The third-order valence-corrected chi connectivity index (χ3v) is 2.82. The lowest BCUT2D eigenvalue weighted by Gasteiger charge is -2.10. The Morgan fingerprint density at radius 2 is 1.71 bits per heavy atom. The number of nitrogens with one attached hydrogen (secondary N) is 1. The lowest BCUT2D eigenvalue weighted by Crippen LogP contribution is -2.16. The van der Waals surface area contributed by atoms with Gasteiger partial charge in [-0.1, -0.05) is 18.2 Å². The molecule has 0 aliphatic heterocycles. The van der Waals surface area contributed by atoms with E-state index in [1.54, 1.807) is 30.3 Å². The molecule has 0 atom stereocenters. The minimum atomic E-state index is -4.83. The highest BCUT2D eigenvalue weighted by Gasteiger charge is 2.34. The average Bonchev–Trinajstić information content (AvgIpc) is 2.45. The van der Waals surface area contributed by atoms with Crippen LogP contribution in [0.4, 0.5) is 23.2 Å². The topological polar surface area (TPSA) is 29.1 Å². The van der Waals surface area contributed by atoms with E-state index in [4.69, 9.17) is 0 Å². The van der Waals surface area contributed by atoms with Gasteiger partial charge in [0.25, 0.3) is 0 Å². The van der Waals surface area contributed by atoms with E-state index < -0.39 is 23.3 Å². The van der Waals surface area contributed by atoms with E-state index in [0.717, 1.165) is 6.07 Å². The van der Waals surface area contributed by atoms with Crippen LogP contribution in [0.2, 0.25) is 0 Å². The lowest BCUT2D eigenvalue weighted by molar-refractivity contribution is -0.140. The molecule has 2 nitrogen and oxygen atoms in total. The Kier molecular flexibility index (Phi) is 4.26. The maximum atomic E-state index is 13.1. The van der Waals surface area contributed by atoms with Crippen LogP contribution in [0, 0.1) is 5.82 Å². The number of halogens is 4. The molecule has 0 unspecified atom stereocenters. The first-order valence-corrected chi connectivity index (χ1v) is 6.07. The van der Waals surface area contributed by atoms with E-state index in [-0.39, 0.29) is 12.1 Å². The van der Waals surface area contributed by atoms with Crippen molar-refractivity contribution in [2.45, 2.75) is 6.18 Å². The number of alkyl halides is 3. The van der Waals surface area contributed by atoms with E-state index in [1.807, 2.05) is 0 Å². The standard InChI is InChI=1S/C15H11F4NO/c16-13-7-6-10(8-12(13)15(17,18)19)14(21)9-20-11-4-2-1-3-5-11/h1-8,20H,9H2. The van der Waals surface area contributed by atoms with Crippen molar-refractivity contribution in [2.24, 2.45) is 0 Å². The molecule has 0 spiro atoms. The minimum Gasteiger partial charge on any atom is -0.378 e. The van der Waals surface area contributed by atoms with Gasteiger partial charge in [-0.15, -0.1) is 0 Å². The molecular formula is C15H11F4NO. The molecule has 0 amide bonds. The second-order valence-corrected chi connectivity index (χ2v) is 4.34. The van der Waals surface area contributed by atoms with Crippen LogP contribution in [0.1, 0.15) is 15.9 Å². The molecule has 0 aliphatic carbocycles. The number of Topliss-reactive ketones (excluding diaryl/α,β-unsaturated/α-hetero) is 1. The van der Waals surface area contributed by atoms with E-state index in [1.165, 1.54) is 0 Å². The summed E-state index contributed by atoms with van der Waals surface area (Å²) in [6.07, 6.45) is -4.83. The van der Waals surface area contributed by atoms with Gasteiger partial charge in [-0.25, -0.2) is 4.39 Å². The highest BCUT2D eigenvalue weighted by molar-refractivity contribution is 5.99. The van der Waals surface area contributed by atoms with Gasteiger partial charge in [-0.2, -0.15) is 13.2 Å². The molecule has 6 heteroatoms. The summed E-state index contributed by atoms with van der Waals surface area (Å²) in [6.45, 7) is -0.174. The second kappa shape index (κ2) is 5.95. The number of hydrogen-bond donors (Lipinski definition) is 1. The maximum Gasteiger partial charge on any atom is 0.419 e. The van der Waals surface area contributed by atoms with Gasteiger partial charge in [0.2, 0.25) is 0 Å². The first kappa shape index (κ1) is 15.0. The van der Waals surface area contributed by atoms with Gasteiger partial charge in [0.15, 0.2) is 5.78 Å². The Bertz CT molecular complexity index is 638. The van der Waals surface area contributed by atoms with Crippen LogP contribution >= 0.6 is 0 Å². The van der Waals surface area contributed by atoms with Gasteiger partial charge in [0.1, 0.15) is 5.82 Å². The third kappa shape index (κ3) is 3.81. The molecule has 0 heterocycles. The number of benzene rings is 2. The molecule has 2 rings (SSSR count). The van der Waals surface area contributed by atoms with Crippen molar-refractivity contribution >= 4 is 11.5 Å². The van der Waals surface area contributed by atoms with Crippen LogP contribution in [0.3, 0.4) is 0 Å². The fourth-order valence-corrected chi connectivity index (χ4v) is 1.76. The molecule has 0 aliphatic rings. The molecule has 2 aromatic rings. The second-order valence-electron chi connectivity index (χ2n) is 4.34. The van der Waals surface area contributed by atoms with E-state index in [2.05, 4.69) is 5.32 Å². The number of ketones is 1. The van der Waals surface area contributed by atoms with E-state index in [9.17, 15) is 22.4 Å². The summed E-state index contributed by atoms with van der Waals surface area (Å²) in [5, 5.41) is 2.79. The van der Waals surface area contributed by atoms with Crippen LogP contribution in [0.15, 0.2) is 48.5 Å². The highest BCUT2D eigenvalue weighted by atomic mass is 19.4. The molecule has 0 radical (unpaired) electrons. The van der Waals surface area contributed by atoms with Crippen LogP contribution in [-0.2, 0) is 6.18 Å². The first-order valence-electron chi connectivity index (χ1n) is 6.07. The van der Waals surface area contributed by atoms with E-state index >= 15 is 0 Å². The SMILES string of the molecule is O=C(CNc1ccccc1)c1ccc(F)c(C(F)(F)F)c1. The fraction of sp³-hybridized carbons (Fsp3) is 0.133. The molecule has 1 N–H and O–H groups in total. The predicted octanol–water partition coefficient (Wildman–Crippen LogP) is 4.14. The van der Waals surface area contributed by atoms with Crippen molar-refractivity contribution in [2.75, 3.05) is 11.9 Å². The maximum absolute atomic E-state index is 13.1. The van der Waals surface area contributed by atoms with Gasteiger partial charge >= 0.3 is 6.18 Å². The molecular weight excluding hydrogens is 286 g/mol. The Morgan fingerprint density at radius 3 is 2.33 bits per heavy atom. The molecule has 0 aromatic heterocycles. The van der Waals surface area contributed by atoms with Crippen molar-refractivity contribution in [3.8, 4) is 0 Å². The lowest BCUT2D eigenvalue weighted by atomic mass is 10.1. The molecule has 0 saturated carbocycles. The summed E-state index contributed by atoms with van der Waals surface area (Å²) >= 11 is 0. The van der Waals surface area contributed by atoms with Crippen molar-refractivity contribution in [3.05, 3.63) is 65.5 Å². The third-order valence-electron chi connectivity index (χ3n) is 2.82. The molecule has 0 fully saturated rings. The molecule has 2 aromatic carbocycles. The number of carbonyl (C=O) groups excluding carboxylic acids is 1. The van der Waals surface area contributed by atoms with Gasteiger partial charge in [-0.3, -0.25) is 4.79 Å². The van der Waals surface area contributed by atoms with Crippen molar-refractivity contribution in [1.82, 2.24) is 0 Å². The molecule has 110 valence electrons. The predicted molar refractivity (Wildman–Crippen MR) is 70.7 cm³/mol.